The largest absolute Gasteiger partial charge is 0.265 e. The van der Waals surface area contributed by atoms with Gasteiger partial charge in [-0.05, 0) is 23.3 Å². The van der Waals surface area contributed by atoms with Gasteiger partial charge in [-0.25, -0.2) is 0 Å². The van der Waals surface area contributed by atoms with E-state index in [0.717, 1.165) is 0 Å². The van der Waals surface area contributed by atoms with E-state index >= 15 is 0 Å². The molecule has 0 spiro atoms. The maximum Gasteiger partial charge on any atom is 0.0302 e. The van der Waals surface area contributed by atoms with Gasteiger partial charge in [-0.3, -0.25) is 4.99 Å². The lowest BCUT2D eigenvalue weighted by molar-refractivity contribution is 0.353. The van der Waals surface area contributed by atoms with Crippen LogP contribution in [0.25, 0.3) is 0 Å². The first-order valence-corrected chi connectivity index (χ1v) is 6.17. The number of hydrogen-bond acceptors (Lipinski definition) is 1. The summed E-state index contributed by atoms with van der Waals surface area (Å²) in [5.41, 5.74) is 1.68. The second-order valence-electron chi connectivity index (χ2n) is 6.50. The van der Waals surface area contributed by atoms with Crippen LogP contribution in [0.3, 0.4) is 0 Å². The molecule has 0 N–H and O–H groups in total. The highest BCUT2D eigenvalue weighted by molar-refractivity contribution is 5.81. The Labute approximate surface area is 100 Å². The molecule has 1 aliphatic heterocycles. The second-order valence-corrected chi connectivity index (χ2v) is 6.50. The van der Waals surface area contributed by atoms with Gasteiger partial charge in [0.05, 0.1) is 0 Å². The third-order valence-corrected chi connectivity index (χ3v) is 3.03. The molecule has 0 saturated heterocycles. The minimum atomic E-state index is 0.111. The molecule has 1 aliphatic rings. The minimum Gasteiger partial charge on any atom is -0.265 e. The fourth-order valence-electron chi connectivity index (χ4n) is 2.35. The predicted octanol–water partition coefficient (Wildman–Crippen LogP) is 4.61. The molecule has 1 heterocycles. The van der Waals surface area contributed by atoms with Crippen LogP contribution in [0.15, 0.2) is 28.9 Å². The summed E-state index contributed by atoms with van der Waals surface area (Å²) in [5, 5.41) is 0. The van der Waals surface area contributed by atoms with E-state index in [1.54, 1.807) is 0 Å². The molecule has 0 aromatic heterocycles. The zero-order valence-corrected chi connectivity index (χ0v) is 11.5. The fraction of sp³-hybridized carbons (Fsp3) is 0.667. The summed E-state index contributed by atoms with van der Waals surface area (Å²) in [7, 11) is 0. The highest BCUT2D eigenvalue weighted by Crippen LogP contribution is 2.36. The number of allylic oxidation sites excluding steroid dienone is 3. The molecule has 1 rings (SSSR count). The molecule has 0 aromatic carbocycles. The molecular weight excluding hydrogens is 194 g/mol. The smallest absolute Gasteiger partial charge is 0.0302 e. The zero-order chi connectivity index (χ0) is 12.4. The van der Waals surface area contributed by atoms with Crippen molar-refractivity contribution in [3.63, 3.8) is 0 Å². The molecule has 0 aromatic rings. The average molecular weight is 219 g/mol. The van der Waals surface area contributed by atoms with Crippen molar-refractivity contribution in [1.29, 1.82) is 0 Å². The van der Waals surface area contributed by atoms with Gasteiger partial charge in [0.2, 0.25) is 0 Å². The Balaban J connectivity index is 2.99. The van der Waals surface area contributed by atoms with E-state index in [0.29, 0.717) is 5.92 Å². The van der Waals surface area contributed by atoms with Gasteiger partial charge in [-0.15, -0.1) is 0 Å². The maximum atomic E-state index is 4.35. The number of aliphatic imine (C=N–C) groups is 1. The van der Waals surface area contributed by atoms with Crippen molar-refractivity contribution in [3.05, 3.63) is 23.9 Å². The lowest BCUT2D eigenvalue weighted by Gasteiger charge is -2.29. The third kappa shape index (κ3) is 3.62. The first-order valence-electron chi connectivity index (χ1n) is 6.17. The van der Waals surface area contributed by atoms with Crippen LogP contribution >= 0.6 is 0 Å². The van der Waals surface area contributed by atoms with E-state index in [4.69, 9.17) is 0 Å². The SMILES string of the molecule is CC(C)CC(C)(C)C1=CC(C)(C)C=CN=C1. The van der Waals surface area contributed by atoms with Crippen LogP contribution in [0.2, 0.25) is 0 Å². The third-order valence-electron chi connectivity index (χ3n) is 3.03. The fourth-order valence-corrected chi connectivity index (χ4v) is 2.35. The molecule has 0 bridgehead atoms. The Morgan fingerprint density at radius 1 is 1.31 bits per heavy atom. The first kappa shape index (κ1) is 13.2. The molecule has 0 fully saturated rings. The van der Waals surface area contributed by atoms with Gasteiger partial charge >= 0.3 is 0 Å². The summed E-state index contributed by atoms with van der Waals surface area (Å²) in [6.45, 7) is 13.6. The van der Waals surface area contributed by atoms with Crippen LogP contribution in [-0.2, 0) is 0 Å². The average Bonchev–Trinajstić information content (AvgIpc) is 2.24. The van der Waals surface area contributed by atoms with Gasteiger partial charge in [0.1, 0.15) is 0 Å². The Bertz CT molecular complexity index is 327. The molecule has 0 unspecified atom stereocenters. The van der Waals surface area contributed by atoms with Crippen molar-refractivity contribution in [1.82, 2.24) is 0 Å². The molecule has 90 valence electrons. The van der Waals surface area contributed by atoms with Crippen LogP contribution in [0.1, 0.15) is 48.0 Å². The van der Waals surface area contributed by atoms with Gasteiger partial charge in [-0.1, -0.05) is 53.7 Å². The first-order chi connectivity index (χ1) is 7.23. The maximum absolute atomic E-state index is 4.35. The standard InChI is InChI=1S/C15H25N/c1-12(2)9-15(5,6)13-10-14(3,4)7-8-16-11-13/h7-8,10-12H,9H2,1-6H3. The summed E-state index contributed by atoms with van der Waals surface area (Å²) in [6, 6.07) is 0. The molecule has 0 atom stereocenters. The lowest BCUT2D eigenvalue weighted by Crippen LogP contribution is -2.20. The van der Waals surface area contributed by atoms with Crippen LogP contribution < -0.4 is 0 Å². The van der Waals surface area contributed by atoms with Crippen molar-refractivity contribution < 1.29 is 0 Å². The van der Waals surface area contributed by atoms with E-state index < -0.39 is 0 Å². The van der Waals surface area contributed by atoms with Gasteiger partial charge in [-0.2, -0.15) is 0 Å². The number of rotatable bonds is 3. The van der Waals surface area contributed by atoms with Gasteiger partial charge in [0.15, 0.2) is 0 Å². The predicted molar refractivity (Wildman–Crippen MR) is 72.7 cm³/mol. The van der Waals surface area contributed by atoms with Crippen molar-refractivity contribution in [2.75, 3.05) is 0 Å². The lowest BCUT2D eigenvalue weighted by atomic mass is 9.75. The summed E-state index contributed by atoms with van der Waals surface area (Å²) >= 11 is 0. The molecule has 1 heteroatoms. The van der Waals surface area contributed by atoms with Crippen molar-refractivity contribution in [3.8, 4) is 0 Å². The molecule has 1 nitrogen and oxygen atoms in total. The second kappa shape index (κ2) is 4.57. The van der Waals surface area contributed by atoms with Crippen molar-refractivity contribution >= 4 is 6.21 Å². The molecule has 0 radical (unpaired) electrons. The molecule has 0 amide bonds. The Hall–Kier alpha value is -0.850. The monoisotopic (exact) mass is 219 g/mol. The molecule has 16 heavy (non-hydrogen) atoms. The summed E-state index contributed by atoms with van der Waals surface area (Å²) in [4.78, 5) is 4.35. The van der Waals surface area contributed by atoms with Crippen molar-refractivity contribution in [2.45, 2.75) is 48.0 Å². The Morgan fingerprint density at radius 2 is 1.94 bits per heavy atom. The minimum absolute atomic E-state index is 0.111. The zero-order valence-electron chi connectivity index (χ0n) is 11.5. The van der Waals surface area contributed by atoms with E-state index in [1.165, 1.54) is 12.0 Å². The van der Waals surface area contributed by atoms with Gasteiger partial charge in [0.25, 0.3) is 0 Å². The quantitative estimate of drug-likeness (QED) is 0.657. The van der Waals surface area contributed by atoms with E-state index in [1.807, 2.05) is 12.4 Å². The van der Waals surface area contributed by atoms with Gasteiger partial charge in [0, 0.05) is 17.8 Å². The van der Waals surface area contributed by atoms with Crippen molar-refractivity contribution in [2.24, 2.45) is 21.7 Å². The summed E-state index contributed by atoms with van der Waals surface area (Å²) < 4.78 is 0. The summed E-state index contributed by atoms with van der Waals surface area (Å²) in [5.74, 6) is 0.712. The van der Waals surface area contributed by atoms with E-state index in [2.05, 4.69) is 58.7 Å². The molecule has 0 aliphatic carbocycles. The van der Waals surface area contributed by atoms with E-state index in [9.17, 15) is 0 Å². The normalized spacial score (nSPS) is 19.8. The molecular formula is C15H25N. The molecule has 0 saturated carbocycles. The topological polar surface area (TPSA) is 12.4 Å². The number of nitrogens with zero attached hydrogens (tertiary/aromatic N) is 1. The van der Waals surface area contributed by atoms with Crippen LogP contribution in [-0.4, -0.2) is 6.21 Å². The number of hydrogen-bond donors (Lipinski definition) is 0. The Kier molecular flexibility index (Phi) is 3.77. The van der Waals surface area contributed by atoms with Gasteiger partial charge < -0.3 is 0 Å². The summed E-state index contributed by atoms with van der Waals surface area (Å²) in [6.07, 6.45) is 9.63. The van der Waals surface area contributed by atoms with E-state index in [-0.39, 0.29) is 10.8 Å². The van der Waals surface area contributed by atoms with Crippen LogP contribution in [0, 0.1) is 16.7 Å². The highest BCUT2D eigenvalue weighted by Gasteiger charge is 2.26. The van der Waals surface area contributed by atoms with Crippen LogP contribution in [0.4, 0.5) is 0 Å². The Morgan fingerprint density at radius 3 is 2.50 bits per heavy atom. The highest BCUT2D eigenvalue weighted by atomic mass is 14.7. The van der Waals surface area contributed by atoms with Crippen LogP contribution in [0.5, 0.6) is 0 Å².